The first kappa shape index (κ1) is 18.8. The number of carbonyl (C=O) groups excluding carboxylic acids is 2. The molecular weight excluding hydrogens is 356 g/mol. The smallest absolute Gasteiger partial charge is 0.338 e. The molecule has 1 aromatic carbocycles. The molecule has 7 nitrogen and oxygen atoms in total. The minimum absolute atomic E-state index is 0.0938. The number of carbonyl (C=O) groups is 2. The zero-order valence-electron chi connectivity index (χ0n) is 14.8. The van der Waals surface area contributed by atoms with Crippen LogP contribution >= 0.6 is 0 Å². The van der Waals surface area contributed by atoms with E-state index >= 15 is 0 Å². The van der Waals surface area contributed by atoms with Gasteiger partial charge in [-0.25, -0.2) is 13.2 Å². The van der Waals surface area contributed by atoms with Crippen LogP contribution in [0.4, 0.5) is 0 Å². The molecule has 142 valence electrons. The van der Waals surface area contributed by atoms with E-state index in [0.717, 1.165) is 25.7 Å². The lowest BCUT2D eigenvalue weighted by Gasteiger charge is -2.15. The lowest BCUT2D eigenvalue weighted by Crippen LogP contribution is -2.37. The van der Waals surface area contributed by atoms with Crippen LogP contribution in [0, 0.1) is 5.92 Å². The first-order valence-electron chi connectivity index (χ1n) is 8.94. The van der Waals surface area contributed by atoms with Crippen molar-refractivity contribution < 1.29 is 22.7 Å². The van der Waals surface area contributed by atoms with Crippen LogP contribution in [-0.4, -0.2) is 50.3 Å². The van der Waals surface area contributed by atoms with Gasteiger partial charge in [0, 0.05) is 19.1 Å². The number of ether oxygens (including phenoxy) is 1. The van der Waals surface area contributed by atoms with Crippen LogP contribution in [0.3, 0.4) is 0 Å². The van der Waals surface area contributed by atoms with Gasteiger partial charge in [0.1, 0.15) is 0 Å². The summed E-state index contributed by atoms with van der Waals surface area (Å²) in [6.45, 7) is 2.65. The van der Waals surface area contributed by atoms with Crippen molar-refractivity contribution in [1.82, 2.24) is 9.62 Å². The van der Waals surface area contributed by atoms with Gasteiger partial charge in [-0.1, -0.05) is 0 Å². The average molecular weight is 380 g/mol. The van der Waals surface area contributed by atoms with E-state index in [2.05, 4.69) is 5.32 Å². The second kappa shape index (κ2) is 7.75. The molecule has 1 N–H and O–H groups in total. The third-order valence-electron chi connectivity index (χ3n) is 4.84. The normalized spacial score (nSPS) is 19.1. The zero-order chi connectivity index (χ0) is 18.7. The summed E-state index contributed by atoms with van der Waals surface area (Å²) in [6.07, 6.45) is 3.97. The van der Waals surface area contributed by atoms with Gasteiger partial charge in [-0.05, 0) is 62.8 Å². The van der Waals surface area contributed by atoms with Gasteiger partial charge in [-0.15, -0.1) is 0 Å². The largest absolute Gasteiger partial charge is 0.452 e. The number of benzene rings is 1. The second-order valence-electron chi connectivity index (χ2n) is 6.91. The molecule has 0 radical (unpaired) electrons. The van der Waals surface area contributed by atoms with Gasteiger partial charge >= 0.3 is 5.97 Å². The van der Waals surface area contributed by atoms with Gasteiger partial charge in [-0.2, -0.15) is 4.31 Å². The SMILES string of the molecule is C[C@H](NC(=O)COC(=O)c1ccc(S(=O)(=O)N2CCCC2)cc1)C1CC1. The molecule has 3 rings (SSSR count). The van der Waals surface area contributed by atoms with Crippen molar-refractivity contribution in [3.8, 4) is 0 Å². The maximum absolute atomic E-state index is 12.5. The Kier molecular flexibility index (Phi) is 5.62. The van der Waals surface area contributed by atoms with Crippen LogP contribution in [0.25, 0.3) is 0 Å². The van der Waals surface area contributed by atoms with E-state index in [4.69, 9.17) is 4.74 Å². The molecule has 1 saturated heterocycles. The Bertz CT molecular complexity index is 765. The minimum Gasteiger partial charge on any atom is -0.452 e. The number of rotatable bonds is 7. The molecule has 1 amide bonds. The van der Waals surface area contributed by atoms with E-state index in [1.54, 1.807) is 0 Å². The van der Waals surface area contributed by atoms with Crippen molar-refractivity contribution >= 4 is 21.9 Å². The van der Waals surface area contributed by atoms with Crippen LogP contribution in [0.1, 0.15) is 43.0 Å². The third-order valence-corrected chi connectivity index (χ3v) is 6.76. The number of hydrogen-bond acceptors (Lipinski definition) is 5. The lowest BCUT2D eigenvalue weighted by atomic mass is 10.2. The molecule has 8 heteroatoms. The summed E-state index contributed by atoms with van der Waals surface area (Å²) < 4.78 is 31.4. The van der Waals surface area contributed by atoms with Crippen LogP contribution in [0.5, 0.6) is 0 Å². The van der Waals surface area contributed by atoms with Crippen LogP contribution in [0.2, 0.25) is 0 Å². The Labute approximate surface area is 153 Å². The highest BCUT2D eigenvalue weighted by molar-refractivity contribution is 7.89. The Morgan fingerprint density at radius 1 is 1.19 bits per heavy atom. The highest BCUT2D eigenvalue weighted by Crippen LogP contribution is 2.32. The fourth-order valence-corrected chi connectivity index (χ4v) is 4.58. The first-order valence-corrected chi connectivity index (χ1v) is 10.4. The number of esters is 1. The maximum atomic E-state index is 12.5. The summed E-state index contributed by atoms with van der Waals surface area (Å²) in [7, 11) is -3.51. The Morgan fingerprint density at radius 2 is 1.81 bits per heavy atom. The number of amides is 1. The zero-order valence-corrected chi connectivity index (χ0v) is 15.6. The molecule has 1 aromatic rings. The summed E-state index contributed by atoms with van der Waals surface area (Å²) in [6, 6.07) is 5.72. The van der Waals surface area contributed by atoms with Crippen LogP contribution < -0.4 is 5.32 Å². The number of nitrogens with zero attached hydrogens (tertiary/aromatic N) is 1. The van der Waals surface area contributed by atoms with Crippen molar-refractivity contribution in [3.63, 3.8) is 0 Å². The Balaban J connectivity index is 1.54. The van der Waals surface area contributed by atoms with E-state index in [-0.39, 0.29) is 29.0 Å². The van der Waals surface area contributed by atoms with Crippen molar-refractivity contribution in [2.45, 2.75) is 43.5 Å². The predicted octanol–water partition coefficient (Wildman–Crippen LogP) is 1.54. The summed E-state index contributed by atoms with van der Waals surface area (Å²) in [5.74, 6) is -0.449. The molecule has 26 heavy (non-hydrogen) atoms. The molecule has 1 saturated carbocycles. The van der Waals surface area contributed by atoms with E-state index in [1.807, 2.05) is 6.92 Å². The minimum atomic E-state index is -3.51. The molecule has 0 bridgehead atoms. The van der Waals surface area contributed by atoms with E-state index in [1.165, 1.54) is 28.6 Å². The molecule has 1 aliphatic carbocycles. The molecular formula is C18H24N2O5S. The van der Waals surface area contributed by atoms with Gasteiger partial charge in [-0.3, -0.25) is 4.79 Å². The summed E-state index contributed by atoms with van der Waals surface area (Å²) in [5.41, 5.74) is 0.216. The van der Waals surface area contributed by atoms with Gasteiger partial charge in [0.25, 0.3) is 5.91 Å². The molecule has 2 fully saturated rings. The Hall–Kier alpha value is -1.93. The highest BCUT2D eigenvalue weighted by Gasteiger charge is 2.29. The van der Waals surface area contributed by atoms with Gasteiger partial charge < -0.3 is 10.1 Å². The highest BCUT2D eigenvalue weighted by atomic mass is 32.2. The first-order chi connectivity index (χ1) is 12.4. The molecule has 0 spiro atoms. The van der Waals surface area contributed by atoms with Crippen molar-refractivity contribution in [1.29, 1.82) is 0 Å². The molecule has 2 aliphatic rings. The molecule has 1 atom stereocenters. The Morgan fingerprint density at radius 3 is 2.38 bits per heavy atom. The fraction of sp³-hybridized carbons (Fsp3) is 0.556. The fourth-order valence-electron chi connectivity index (χ4n) is 3.06. The number of sulfonamides is 1. The van der Waals surface area contributed by atoms with Crippen LogP contribution in [0.15, 0.2) is 29.2 Å². The molecule has 1 heterocycles. The summed E-state index contributed by atoms with van der Waals surface area (Å²) >= 11 is 0. The molecule has 0 unspecified atom stereocenters. The van der Waals surface area contributed by atoms with Gasteiger partial charge in [0.05, 0.1) is 10.5 Å². The van der Waals surface area contributed by atoms with E-state index in [0.29, 0.717) is 19.0 Å². The van der Waals surface area contributed by atoms with Crippen LogP contribution in [-0.2, 0) is 19.6 Å². The van der Waals surface area contributed by atoms with Gasteiger partial charge in [0.15, 0.2) is 6.61 Å². The predicted molar refractivity (Wildman–Crippen MR) is 95.0 cm³/mol. The van der Waals surface area contributed by atoms with E-state index in [9.17, 15) is 18.0 Å². The molecule has 1 aliphatic heterocycles. The number of nitrogens with one attached hydrogen (secondary N) is 1. The summed E-state index contributed by atoms with van der Waals surface area (Å²) in [4.78, 5) is 24.0. The monoisotopic (exact) mass is 380 g/mol. The van der Waals surface area contributed by atoms with Crippen molar-refractivity contribution in [3.05, 3.63) is 29.8 Å². The maximum Gasteiger partial charge on any atom is 0.338 e. The third kappa shape index (κ3) is 4.42. The average Bonchev–Trinajstić information content (AvgIpc) is 3.33. The number of hydrogen-bond donors (Lipinski definition) is 1. The second-order valence-corrected chi connectivity index (χ2v) is 8.84. The van der Waals surface area contributed by atoms with Crippen molar-refractivity contribution in [2.75, 3.05) is 19.7 Å². The quantitative estimate of drug-likeness (QED) is 0.725. The summed E-state index contributed by atoms with van der Waals surface area (Å²) in [5, 5.41) is 2.81. The van der Waals surface area contributed by atoms with Gasteiger partial charge in [0.2, 0.25) is 10.0 Å². The molecule has 0 aromatic heterocycles. The lowest BCUT2D eigenvalue weighted by molar-refractivity contribution is -0.124. The van der Waals surface area contributed by atoms with Crippen molar-refractivity contribution in [2.24, 2.45) is 5.92 Å². The van der Waals surface area contributed by atoms with E-state index < -0.39 is 16.0 Å². The topological polar surface area (TPSA) is 92.8 Å². The standard InChI is InChI=1S/C18H24N2O5S/c1-13(14-4-5-14)19-17(21)12-25-18(22)15-6-8-16(9-7-15)26(23,24)20-10-2-3-11-20/h6-9,13-14H,2-5,10-12H2,1H3,(H,19,21)/t13-/m0/s1.